The molecule has 1 unspecified atom stereocenters. The normalized spacial score (nSPS) is 33.6. The molecule has 2 heterocycles. The molecule has 1 aliphatic carbocycles. The van der Waals surface area contributed by atoms with Crippen LogP contribution in [0.3, 0.4) is 0 Å². The van der Waals surface area contributed by atoms with Crippen LogP contribution in [-0.4, -0.2) is 65.8 Å². The summed E-state index contributed by atoms with van der Waals surface area (Å²) in [5.74, 6) is -3.45. The predicted molar refractivity (Wildman–Crippen MR) is 111 cm³/mol. The van der Waals surface area contributed by atoms with E-state index in [-0.39, 0.29) is 29.8 Å². The van der Waals surface area contributed by atoms with Gasteiger partial charge in [-0.1, -0.05) is 13.8 Å². The zero-order valence-corrected chi connectivity index (χ0v) is 19.7. The van der Waals surface area contributed by atoms with E-state index in [1.807, 2.05) is 0 Å². The van der Waals surface area contributed by atoms with Gasteiger partial charge in [-0.3, -0.25) is 19.2 Å². The summed E-state index contributed by atoms with van der Waals surface area (Å²) >= 11 is 0. The van der Waals surface area contributed by atoms with Crippen LogP contribution in [0, 0.1) is 5.92 Å². The topological polar surface area (TPSA) is 135 Å². The monoisotopic (exact) mass is 466 g/mol. The number of carbonyl (C=O) groups excluding carboxylic acids is 5. The second-order valence-electron chi connectivity index (χ2n) is 9.42. The molecule has 2 fully saturated rings. The number of rotatable bonds is 5. The number of ketones is 1. The zero-order chi connectivity index (χ0) is 24.7. The first kappa shape index (κ1) is 24.9. The van der Waals surface area contributed by atoms with Gasteiger partial charge in [-0.2, -0.15) is 0 Å². The van der Waals surface area contributed by atoms with Gasteiger partial charge in [0.25, 0.3) is 0 Å². The Morgan fingerprint density at radius 2 is 1.79 bits per heavy atom. The van der Waals surface area contributed by atoms with Gasteiger partial charge in [-0.05, 0) is 20.3 Å². The fourth-order valence-corrected chi connectivity index (χ4v) is 4.30. The fraction of sp³-hybridized carbons (Fsp3) is 0.696. The molecule has 0 aromatic carbocycles. The van der Waals surface area contributed by atoms with Crippen LogP contribution >= 0.6 is 0 Å². The molecule has 182 valence electrons. The molecule has 0 radical (unpaired) electrons. The van der Waals surface area contributed by atoms with Crippen molar-refractivity contribution >= 4 is 29.7 Å². The predicted octanol–water partition coefficient (Wildman–Crippen LogP) is 1.57. The molecular weight excluding hydrogens is 436 g/mol. The Morgan fingerprint density at radius 1 is 1.12 bits per heavy atom. The van der Waals surface area contributed by atoms with Crippen LogP contribution < -0.4 is 0 Å². The first-order chi connectivity index (χ1) is 15.3. The number of hydrogen-bond donors (Lipinski definition) is 0. The Hall–Kier alpha value is -2.75. The van der Waals surface area contributed by atoms with Crippen molar-refractivity contribution in [2.75, 3.05) is 6.61 Å². The summed E-state index contributed by atoms with van der Waals surface area (Å²) in [5.41, 5.74) is -2.10. The summed E-state index contributed by atoms with van der Waals surface area (Å²) in [6.07, 6.45) is -2.45. The molecule has 5 atom stereocenters. The Balaban J connectivity index is 2.14. The van der Waals surface area contributed by atoms with Crippen molar-refractivity contribution in [3.63, 3.8) is 0 Å². The molecule has 0 spiro atoms. The maximum atomic E-state index is 13.2. The van der Waals surface area contributed by atoms with Crippen molar-refractivity contribution in [2.24, 2.45) is 5.92 Å². The van der Waals surface area contributed by atoms with Crippen LogP contribution in [0.25, 0.3) is 0 Å². The van der Waals surface area contributed by atoms with Gasteiger partial charge in [0.1, 0.15) is 18.8 Å². The van der Waals surface area contributed by atoms with E-state index in [1.54, 1.807) is 20.8 Å². The minimum absolute atomic E-state index is 0.0211. The van der Waals surface area contributed by atoms with Crippen molar-refractivity contribution in [3.8, 4) is 0 Å². The summed E-state index contributed by atoms with van der Waals surface area (Å²) < 4.78 is 27.7. The van der Waals surface area contributed by atoms with Gasteiger partial charge in [0.05, 0.1) is 17.1 Å². The van der Waals surface area contributed by atoms with Crippen molar-refractivity contribution in [3.05, 3.63) is 11.1 Å². The van der Waals surface area contributed by atoms with Gasteiger partial charge in [0.2, 0.25) is 0 Å². The molecule has 0 aromatic heterocycles. The summed E-state index contributed by atoms with van der Waals surface area (Å²) in [6, 6.07) is 0. The smallest absolute Gasteiger partial charge is 0.338 e. The lowest BCUT2D eigenvalue weighted by Gasteiger charge is -2.34. The summed E-state index contributed by atoms with van der Waals surface area (Å²) in [5, 5.41) is 0. The molecule has 0 amide bonds. The number of hydrogen-bond acceptors (Lipinski definition) is 10. The average Bonchev–Trinajstić information content (AvgIpc) is 3.25. The Morgan fingerprint density at radius 3 is 2.36 bits per heavy atom. The zero-order valence-electron chi connectivity index (χ0n) is 19.7. The van der Waals surface area contributed by atoms with Crippen LogP contribution in [0.5, 0.6) is 0 Å². The van der Waals surface area contributed by atoms with Crippen LogP contribution in [0.4, 0.5) is 0 Å². The molecule has 33 heavy (non-hydrogen) atoms. The second-order valence-corrected chi connectivity index (χ2v) is 9.42. The highest BCUT2D eigenvalue weighted by atomic mass is 16.7. The maximum Gasteiger partial charge on any atom is 0.338 e. The second kappa shape index (κ2) is 8.89. The van der Waals surface area contributed by atoms with Crippen molar-refractivity contribution in [2.45, 2.75) is 90.3 Å². The summed E-state index contributed by atoms with van der Waals surface area (Å²) in [7, 11) is 0. The number of epoxide rings is 1. The lowest BCUT2D eigenvalue weighted by Crippen LogP contribution is -2.47. The molecule has 10 nitrogen and oxygen atoms in total. The van der Waals surface area contributed by atoms with E-state index in [4.69, 9.17) is 23.7 Å². The van der Waals surface area contributed by atoms with Gasteiger partial charge < -0.3 is 23.7 Å². The van der Waals surface area contributed by atoms with Crippen LogP contribution in [0.15, 0.2) is 11.1 Å². The maximum absolute atomic E-state index is 13.2. The van der Waals surface area contributed by atoms with Gasteiger partial charge in [-0.25, -0.2) is 4.79 Å². The molecule has 0 bridgehead atoms. The highest BCUT2D eigenvalue weighted by Crippen LogP contribution is 2.50. The van der Waals surface area contributed by atoms with Gasteiger partial charge in [0, 0.05) is 32.3 Å². The third kappa shape index (κ3) is 5.10. The fourth-order valence-electron chi connectivity index (χ4n) is 4.30. The van der Waals surface area contributed by atoms with Crippen LogP contribution in [0.2, 0.25) is 0 Å². The van der Waals surface area contributed by atoms with Crippen molar-refractivity contribution in [1.29, 1.82) is 0 Å². The van der Waals surface area contributed by atoms with E-state index < -0.39 is 65.9 Å². The van der Waals surface area contributed by atoms with Crippen LogP contribution in [-0.2, 0) is 47.7 Å². The van der Waals surface area contributed by atoms with Crippen molar-refractivity contribution < 1.29 is 47.7 Å². The van der Waals surface area contributed by atoms with E-state index in [1.165, 1.54) is 20.8 Å². The Labute approximate surface area is 191 Å². The highest BCUT2D eigenvalue weighted by Gasteiger charge is 2.63. The number of esters is 4. The standard InChI is InChI=1S/C23H30O10/c1-11(2)20(27)30-15-9-23(6,32-13(4)25)16(26)7-8-22(5)19(33-22)18-17(15)14(21(28)31-18)10-29-12(3)24/h11,15,18-19H,7-10H2,1-6H3/t15?,18-,19+,22+,23+/m0/s1. The number of ether oxygens (including phenoxy) is 5. The molecule has 0 N–H and O–H groups in total. The largest absolute Gasteiger partial charge is 0.461 e. The highest BCUT2D eigenvalue weighted by molar-refractivity contribution is 5.94. The van der Waals surface area contributed by atoms with Gasteiger partial charge >= 0.3 is 23.9 Å². The van der Waals surface area contributed by atoms with Gasteiger partial charge in [-0.15, -0.1) is 0 Å². The average molecular weight is 466 g/mol. The Bertz CT molecular complexity index is 918. The van der Waals surface area contributed by atoms with Crippen molar-refractivity contribution in [1.82, 2.24) is 0 Å². The summed E-state index contributed by atoms with van der Waals surface area (Å²) in [4.78, 5) is 61.8. The minimum Gasteiger partial charge on any atom is -0.461 e. The van der Waals surface area contributed by atoms with E-state index in [2.05, 4.69) is 0 Å². The lowest BCUT2D eigenvalue weighted by atomic mass is 9.80. The molecule has 1 saturated carbocycles. The van der Waals surface area contributed by atoms with Crippen LogP contribution in [0.1, 0.15) is 60.8 Å². The lowest BCUT2D eigenvalue weighted by molar-refractivity contribution is -0.170. The number of carbonyl (C=O) groups is 5. The van der Waals surface area contributed by atoms with E-state index in [0.717, 1.165) is 0 Å². The SMILES string of the molecule is CC(=O)OCC1=C2C(OC(=O)C(C)C)C[C@@](C)(OC(C)=O)C(=O)CC[C@@]3(C)O[C@@H]3[C@H]2OC1=O. The quantitative estimate of drug-likeness (QED) is 0.334. The molecule has 1 saturated heterocycles. The molecule has 3 aliphatic rings. The van der Waals surface area contributed by atoms with Gasteiger partial charge in [0.15, 0.2) is 17.5 Å². The first-order valence-electron chi connectivity index (χ1n) is 11.0. The molecular formula is C23H30O10. The first-order valence-corrected chi connectivity index (χ1v) is 11.0. The molecule has 0 aromatic rings. The Kier molecular flexibility index (Phi) is 6.70. The summed E-state index contributed by atoms with van der Waals surface area (Å²) in [6.45, 7) is 8.52. The van der Waals surface area contributed by atoms with E-state index in [0.29, 0.717) is 6.42 Å². The number of fused-ring (bicyclic) bond motifs is 3. The minimum atomic E-state index is -1.62. The van der Waals surface area contributed by atoms with E-state index >= 15 is 0 Å². The number of Topliss-reactive ketones (excluding diaryl/α,β-unsaturated/α-hetero) is 1. The third-order valence-corrected chi connectivity index (χ3v) is 6.23. The third-order valence-electron chi connectivity index (χ3n) is 6.23. The molecule has 10 heteroatoms. The molecule has 3 rings (SSSR count). The molecule has 2 aliphatic heterocycles. The van der Waals surface area contributed by atoms with E-state index in [9.17, 15) is 24.0 Å².